The number of benzene rings is 2. The van der Waals surface area contributed by atoms with Gasteiger partial charge in [0.05, 0.1) is 29.4 Å². The molecule has 6 nitrogen and oxygen atoms in total. The number of amidine groups is 1. The molecule has 30 heavy (non-hydrogen) atoms. The second-order valence-corrected chi connectivity index (χ2v) is 8.18. The number of halogens is 1. The molecule has 0 aromatic heterocycles. The number of aliphatic imine (C=N–C) groups is 1. The van der Waals surface area contributed by atoms with E-state index in [4.69, 9.17) is 9.47 Å². The van der Waals surface area contributed by atoms with E-state index in [1.165, 1.54) is 16.7 Å². The molecule has 2 aromatic rings. The van der Waals surface area contributed by atoms with Gasteiger partial charge in [-0.15, -0.1) is 0 Å². The zero-order valence-electron chi connectivity index (χ0n) is 16.8. The van der Waals surface area contributed by atoms with Gasteiger partial charge in [0.15, 0.2) is 5.17 Å². The van der Waals surface area contributed by atoms with E-state index in [0.717, 1.165) is 10.0 Å². The van der Waals surface area contributed by atoms with E-state index in [9.17, 15) is 9.59 Å². The smallest absolute Gasteiger partial charge is 0.338 e. The molecule has 0 atom stereocenters. The SMILES string of the molecule is CCOC(=O)c1ccc(N=C2S/C(=C/c3cc(Br)ccc3OCC)C(=O)N2C)cc1. The molecule has 1 aliphatic rings. The van der Waals surface area contributed by atoms with Crippen molar-refractivity contribution in [1.82, 2.24) is 4.90 Å². The van der Waals surface area contributed by atoms with Crippen LogP contribution in [0.15, 0.2) is 56.8 Å². The number of likely N-dealkylation sites (N-methyl/N-ethyl adjacent to an activating group) is 1. The van der Waals surface area contributed by atoms with Crippen molar-refractivity contribution in [3.8, 4) is 5.75 Å². The van der Waals surface area contributed by atoms with Gasteiger partial charge in [0, 0.05) is 17.1 Å². The van der Waals surface area contributed by atoms with Crippen LogP contribution in [0.3, 0.4) is 0 Å². The fourth-order valence-corrected chi connectivity index (χ4v) is 4.07. The van der Waals surface area contributed by atoms with Crippen molar-refractivity contribution in [3.63, 3.8) is 0 Å². The van der Waals surface area contributed by atoms with Crippen molar-refractivity contribution in [3.05, 3.63) is 63.0 Å². The second-order valence-electron chi connectivity index (χ2n) is 6.25. The van der Waals surface area contributed by atoms with Crippen LogP contribution in [0.2, 0.25) is 0 Å². The van der Waals surface area contributed by atoms with E-state index in [1.807, 2.05) is 31.2 Å². The molecule has 0 N–H and O–H groups in total. The third-order valence-electron chi connectivity index (χ3n) is 4.17. The Hall–Kier alpha value is -2.58. The topological polar surface area (TPSA) is 68.2 Å². The van der Waals surface area contributed by atoms with Gasteiger partial charge in [0.25, 0.3) is 5.91 Å². The summed E-state index contributed by atoms with van der Waals surface area (Å²) >= 11 is 4.75. The van der Waals surface area contributed by atoms with Crippen LogP contribution in [-0.2, 0) is 9.53 Å². The van der Waals surface area contributed by atoms with Crippen LogP contribution in [0.1, 0.15) is 29.8 Å². The minimum absolute atomic E-state index is 0.135. The second kappa shape index (κ2) is 9.95. The average molecular weight is 489 g/mol. The van der Waals surface area contributed by atoms with Crippen LogP contribution in [0.25, 0.3) is 6.08 Å². The summed E-state index contributed by atoms with van der Waals surface area (Å²) in [5.41, 5.74) is 1.92. The number of nitrogens with zero attached hydrogens (tertiary/aromatic N) is 2. The van der Waals surface area contributed by atoms with Crippen LogP contribution < -0.4 is 4.74 Å². The minimum atomic E-state index is -0.372. The molecule has 156 valence electrons. The molecule has 0 radical (unpaired) electrons. The van der Waals surface area contributed by atoms with Crippen molar-refractivity contribution in [2.24, 2.45) is 4.99 Å². The van der Waals surface area contributed by atoms with Crippen molar-refractivity contribution >= 4 is 56.5 Å². The number of rotatable bonds is 6. The Balaban J connectivity index is 1.85. The molecule has 8 heteroatoms. The van der Waals surface area contributed by atoms with Gasteiger partial charge in [-0.05, 0) is 74.1 Å². The number of hydrogen-bond donors (Lipinski definition) is 0. The summed E-state index contributed by atoms with van der Waals surface area (Å²) in [4.78, 5) is 31.1. The summed E-state index contributed by atoms with van der Waals surface area (Å²) in [7, 11) is 1.69. The Labute approximate surface area is 188 Å². The first-order valence-electron chi connectivity index (χ1n) is 9.38. The first-order chi connectivity index (χ1) is 14.4. The van der Waals surface area contributed by atoms with Gasteiger partial charge >= 0.3 is 5.97 Å². The molecule has 0 aliphatic carbocycles. The number of amides is 1. The number of thioether (sulfide) groups is 1. The lowest BCUT2D eigenvalue weighted by molar-refractivity contribution is -0.121. The summed E-state index contributed by atoms with van der Waals surface area (Å²) in [6.07, 6.45) is 1.81. The average Bonchev–Trinajstić information content (AvgIpc) is 2.98. The summed E-state index contributed by atoms with van der Waals surface area (Å²) in [6, 6.07) is 12.4. The summed E-state index contributed by atoms with van der Waals surface area (Å²) in [5.74, 6) is 0.206. The highest BCUT2D eigenvalue weighted by atomic mass is 79.9. The van der Waals surface area contributed by atoms with Crippen LogP contribution in [0.4, 0.5) is 5.69 Å². The largest absolute Gasteiger partial charge is 0.493 e. The van der Waals surface area contributed by atoms with E-state index in [2.05, 4.69) is 20.9 Å². The van der Waals surface area contributed by atoms with Gasteiger partial charge in [-0.3, -0.25) is 9.69 Å². The van der Waals surface area contributed by atoms with Gasteiger partial charge in [-0.2, -0.15) is 0 Å². The van der Waals surface area contributed by atoms with E-state index < -0.39 is 0 Å². The van der Waals surface area contributed by atoms with E-state index in [0.29, 0.717) is 40.3 Å². The maximum absolute atomic E-state index is 12.7. The molecule has 3 rings (SSSR count). The number of esters is 1. The number of carbonyl (C=O) groups excluding carboxylic acids is 2. The van der Waals surface area contributed by atoms with Gasteiger partial charge in [-0.1, -0.05) is 15.9 Å². The molecule has 1 aliphatic heterocycles. The van der Waals surface area contributed by atoms with Crippen LogP contribution >= 0.6 is 27.7 Å². The highest BCUT2D eigenvalue weighted by Gasteiger charge is 2.30. The Morgan fingerprint density at radius 2 is 1.90 bits per heavy atom. The van der Waals surface area contributed by atoms with Crippen molar-refractivity contribution in [1.29, 1.82) is 0 Å². The Bertz CT molecular complexity index is 1020. The van der Waals surface area contributed by atoms with Crippen molar-refractivity contribution in [2.75, 3.05) is 20.3 Å². The number of hydrogen-bond acceptors (Lipinski definition) is 6. The molecule has 0 bridgehead atoms. The van der Waals surface area contributed by atoms with Gasteiger partial charge < -0.3 is 9.47 Å². The molecule has 0 spiro atoms. The molecular formula is C22H21BrN2O4S. The standard InChI is InChI=1S/C22H21BrN2O4S/c1-4-28-18-11-8-16(23)12-15(18)13-19-20(26)25(3)22(30-19)24-17-9-6-14(7-10-17)21(27)29-5-2/h6-13H,4-5H2,1-3H3/b19-13+,24-22?. The quantitative estimate of drug-likeness (QED) is 0.409. The molecule has 1 saturated heterocycles. The zero-order valence-corrected chi connectivity index (χ0v) is 19.2. The number of ether oxygens (including phenoxy) is 2. The van der Waals surface area contributed by atoms with Crippen LogP contribution in [-0.4, -0.2) is 42.2 Å². The highest BCUT2D eigenvalue weighted by molar-refractivity contribution is 9.10. The molecule has 1 heterocycles. The summed E-state index contributed by atoms with van der Waals surface area (Å²) < 4.78 is 11.6. The lowest BCUT2D eigenvalue weighted by atomic mass is 10.2. The van der Waals surface area contributed by atoms with Crippen molar-refractivity contribution in [2.45, 2.75) is 13.8 Å². The Kier molecular flexibility index (Phi) is 7.33. The van der Waals surface area contributed by atoms with Gasteiger partial charge in [0.2, 0.25) is 0 Å². The fraction of sp³-hybridized carbons (Fsp3) is 0.227. The monoisotopic (exact) mass is 488 g/mol. The first-order valence-corrected chi connectivity index (χ1v) is 11.0. The normalized spacial score (nSPS) is 16.4. The van der Waals surface area contributed by atoms with E-state index in [-0.39, 0.29) is 11.9 Å². The van der Waals surface area contributed by atoms with Crippen LogP contribution in [0.5, 0.6) is 5.75 Å². The lowest BCUT2D eigenvalue weighted by Crippen LogP contribution is -2.23. The molecular weight excluding hydrogens is 468 g/mol. The predicted octanol–water partition coefficient (Wildman–Crippen LogP) is 5.26. The first kappa shape index (κ1) is 22.1. The highest BCUT2D eigenvalue weighted by Crippen LogP contribution is 2.35. The Morgan fingerprint density at radius 1 is 1.17 bits per heavy atom. The molecule has 0 unspecified atom stereocenters. The van der Waals surface area contributed by atoms with Gasteiger partial charge in [0.1, 0.15) is 5.75 Å². The van der Waals surface area contributed by atoms with Crippen molar-refractivity contribution < 1.29 is 19.1 Å². The van der Waals surface area contributed by atoms with E-state index in [1.54, 1.807) is 38.2 Å². The maximum atomic E-state index is 12.7. The van der Waals surface area contributed by atoms with E-state index >= 15 is 0 Å². The molecule has 1 fully saturated rings. The summed E-state index contributed by atoms with van der Waals surface area (Å²) in [6.45, 7) is 4.54. The molecule has 2 aromatic carbocycles. The third kappa shape index (κ3) is 5.12. The van der Waals surface area contributed by atoms with Gasteiger partial charge in [-0.25, -0.2) is 9.79 Å². The lowest BCUT2D eigenvalue weighted by Gasteiger charge is -2.08. The summed E-state index contributed by atoms with van der Waals surface area (Å²) in [5, 5.41) is 0.558. The number of carbonyl (C=O) groups is 2. The zero-order chi connectivity index (χ0) is 21.7. The minimum Gasteiger partial charge on any atom is -0.493 e. The fourth-order valence-electron chi connectivity index (χ4n) is 2.71. The predicted molar refractivity (Wildman–Crippen MR) is 123 cm³/mol. The molecule has 1 amide bonds. The molecule has 0 saturated carbocycles. The Morgan fingerprint density at radius 3 is 2.57 bits per heavy atom. The maximum Gasteiger partial charge on any atom is 0.338 e. The third-order valence-corrected chi connectivity index (χ3v) is 5.72. The van der Waals surface area contributed by atoms with Crippen LogP contribution in [0, 0.1) is 0 Å².